The van der Waals surface area contributed by atoms with Crippen LogP contribution in [0, 0.1) is 0 Å². The Labute approximate surface area is 107 Å². The second kappa shape index (κ2) is 12.3. The molecule has 0 aromatic heterocycles. The molecule has 0 aliphatic rings. The molecule has 100 valence electrons. The second-order valence-electron chi connectivity index (χ2n) is 2.95. The monoisotopic (exact) mass is 291 g/mol. The first-order valence-electron chi connectivity index (χ1n) is 5.06. The highest BCUT2D eigenvalue weighted by Gasteiger charge is 2.06. The van der Waals surface area contributed by atoms with Crippen LogP contribution in [0.1, 0.15) is 39.5 Å². The molecule has 0 aromatic rings. The largest absolute Gasteiger partial charge is 0.789 e. The summed E-state index contributed by atoms with van der Waals surface area (Å²) in [5, 5.41) is 0. The van der Waals surface area contributed by atoms with Crippen molar-refractivity contribution in [3.05, 3.63) is 0 Å². The first-order chi connectivity index (χ1) is 7.12. The zero-order valence-corrected chi connectivity index (χ0v) is 12.7. The van der Waals surface area contributed by atoms with Gasteiger partial charge in [-0.05, 0) is 12.8 Å². The van der Waals surface area contributed by atoms with Gasteiger partial charge in [0, 0.05) is 11.7 Å². The summed E-state index contributed by atoms with van der Waals surface area (Å²) in [5.41, 5.74) is -3.22. The van der Waals surface area contributed by atoms with E-state index in [1.54, 1.807) is 0 Å². The molecule has 0 rings (SSSR count). The second-order valence-corrected chi connectivity index (χ2v) is 8.40. The molecule has 0 spiro atoms. The third-order valence-corrected chi connectivity index (χ3v) is 3.97. The zero-order chi connectivity index (χ0) is 11.6. The van der Waals surface area contributed by atoms with Crippen molar-refractivity contribution in [2.75, 3.05) is 13.2 Å². The third-order valence-electron chi connectivity index (χ3n) is 1.45. The van der Waals surface area contributed by atoms with E-state index in [9.17, 15) is 4.89 Å². The molecule has 5 nitrogen and oxygen atoms in total. The van der Waals surface area contributed by atoms with Crippen molar-refractivity contribution < 1.29 is 18.6 Å². The molecule has 1 unspecified atom stereocenters. The maximum absolute atomic E-state index is 11.4. The summed E-state index contributed by atoms with van der Waals surface area (Å²) in [4.78, 5) is 16.2. The summed E-state index contributed by atoms with van der Waals surface area (Å²) >= 11 is 5.39. The molecule has 8 heteroatoms. The fourth-order valence-electron chi connectivity index (χ4n) is 0.623. The van der Waals surface area contributed by atoms with E-state index < -0.39 is 5.69 Å². The summed E-state index contributed by atoms with van der Waals surface area (Å²) in [5.74, 6) is 0. The number of hydrogen-bond acceptors (Lipinski definition) is 6. The van der Waals surface area contributed by atoms with Crippen LogP contribution in [0.25, 0.3) is 0 Å². The van der Waals surface area contributed by atoms with Gasteiger partial charge in [0.2, 0.25) is 0 Å². The number of quaternary nitrogens is 1. The van der Waals surface area contributed by atoms with E-state index in [0.717, 1.165) is 25.7 Å². The van der Waals surface area contributed by atoms with Crippen molar-refractivity contribution >= 4 is 29.2 Å². The predicted molar refractivity (Wildman–Crippen MR) is 70.7 cm³/mol. The molecular formula is C8H22NO4PS2. The summed E-state index contributed by atoms with van der Waals surface area (Å²) < 4.78 is 9.66. The van der Waals surface area contributed by atoms with E-state index >= 15 is 0 Å². The molecule has 1 atom stereocenters. The van der Waals surface area contributed by atoms with Gasteiger partial charge in [0.15, 0.2) is 0 Å². The van der Waals surface area contributed by atoms with E-state index in [0.29, 0.717) is 24.9 Å². The topological polar surface area (TPSA) is 87.2 Å². The van der Waals surface area contributed by atoms with Gasteiger partial charge in [-0.3, -0.25) is 0 Å². The Hall–Kier alpha value is 0.800. The molecule has 0 fully saturated rings. The molecule has 0 saturated carbocycles. The minimum absolute atomic E-state index is 0. The predicted octanol–water partition coefficient (Wildman–Crippen LogP) is 3.16. The lowest BCUT2D eigenvalue weighted by Crippen LogP contribution is -2.03. The fourth-order valence-corrected chi connectivity index (χ4v) is 2.50. The Morgan fingerprint density at radius 3 is 2.31 bits per heavy atom. The number of hydrogen-bond donors (Lipinski definition) is 1. The maximum atomic E-state index is 11.4. The van der Waals surface area contributed by atoms with Crippen LogP contribution in [0.2, 0.25) is 0 Å². The molecule has 0 aliphatic heterocycles. The van der Waals surface area contributed by atoms with E-state index in [4.69, 9.17) is 9.07 Å². The Bertz CT molecular complexity index is 181. The molecule has 0 saturated heterocycles. The van der Waals surface area contributed by atoms with Crippen molar-refractivity contribution in [1.82, 2.24) is 6.15 Å². The molecule has 0 aromatic carbocycles. The Morgan fingerprint density at radius 2 is 1.75 bits per heavy atom. The van der Waals surface area contributed by atoms with Crippen LogP contribution in [0.15, 0.2) is 0 Å². The lowest BCUT2D eigenvalue weighted by molar-refractivity contribution is -0.264. The van der Waals surface area contributed by atoms with Crippen LogP contribution in [-0.4, -0.2) is 13.2 Å². The smallest absolute Gasteiger partial charge is 0.115 e. The van der Waals surface area contributed by atoms with E-state index in [-0.39, 0.29) is 6.15 Å². The summed E-state index contributed by atoms with van der Waals surface area (Å²) in [6, 6.07) is 0. The van der Waals surface area contributed by atoms with Crippen LogP contribution in [0.5, 0.6) is 0 Å². The third kappa shape index (κ3) is 12.9. The van der Waals surface area contributed by atoms with Crippen molar-refractivity contribution in [3.8, 4) is 0 Å². The van der Waals surface area contributed by atoms with Gasteiger partial charge in [-0.2, -0.15) is 0 Å². The van der Waals surface area contributed by atoms with Gasteiger partial charge in [0.1, 0.15) is 5.69 Å². The lowest BCUT2D eigenvalue weighted by atomic mass is 10.4. The van der Waals surface area contributed by atoms with Crippen molar-refractivity contribution in [3.63, 3.8) is 0 Å². The van der Waals surface area contributed by atoms with Crippen LogP contribution in [0.4, 0.5) is 0 Å². The molecule has 0 amide bonds. The standard InChI is InChI=1S/C8H19O4PS2.H3N/c1-3-5-7-10-12-13(9,14)15-11-8-6-4-2;/h3-8H2,1-2H3,(H,9,14);1H3. The van der Waals surface area contributed by atoms with Crippen molar-refractivity contribution in [2.45, 2.75) is 39.5 Å². The molecule has 0 aliphatic carbocycles. The Morgan fingerprint density at radius 1 is 1.19 bits per heavy atom. The van der Waals surface area contributed by atoms with E-state index in [1.807, 2.05) is 13.8 Å². The average Bonchev–Trinajstić information content (AvgIpc) is 2.20. The van der Waals surface area contributed by atoms with Crippen LogP contribution < -0.4 is 11.0 Å². The van der Waals surface area contributed by atoms with Gasteiger partial charge in [0.25, 0.3) is 0 Å². The number of unbranched alkanes of at least 4 members (excludes halogenated alkanes) is 2. The normalized spacial score (nSPS) is 14.2. The highest BCUT2D eigenvalue weighted by Crippen LogP contribution is 2.52. The number of rotatable bonds is 10. The van der Waals surface area contributed by atoms with Crippen LogP contribution in [0.3, 0.4) is 0 Å². The van der Waals surface area contributed by atoms with Gasteiger partial charge in [-0.15, -0.1) is 0 Å². The quantitative estimate of drug-likeness (QED) is 0.219. The molecule has 4 N–H and O–H groups in total. The maximum Gasteiger partial charge on any atom is 0.115 e. The first-order valence-corrected chi connectivity index (χ1v) is 9.04. The minimum Gasteiger partial charge on any atom is -0.789 e. The summed E-state index contributed by atoms with van der Waals surface area (Å²) in [7, 11) is 0. The van der Waals surface area contributed by atoms with Gasteiger partial charge in [0.05, 0.1) is 13.2 Å². The molecule has 0 heterocycles. The molecule has 16 heavy (non-hydrogen) atoms. The SMILES string of the molecule is CCCCOOP([O-])(=S)SOCCCC.[NH4+]. The molecule has 0 bridgehead atoms. The van der Waals surface area contributed by atoms with Crippen LogP contribution >= 0.6 is 17.4 Å². The summed E-state index contributed by atoms with van der Waals surface area (Å²) in [6.45, 7) is 5.01. The van der Waals surface area contributed by atoms with Gasteiger partial charge in [-0.25, -0.2) is 9.56 Å². The average molecular weight is 291 g/mol. The minimum atomic E-state index is -3.22. The first kappa shape index (κ1) is 19.1. The van der Waals surface area contributed by atoms with Crippen molar-refractivity contribution in [1.29, 1.82) is 0 Å². The van der Waals surface area contributed by atoms with Gasteiger partial charge in [-0.1, -0.05) is 38.5 Å². The lowest BCUT2D eigenvalue weighted by Gasteiger charge is -2.23. The zero-order valence-electron chi connectivity index (χ0n) is 10.1. The van der Waals surface area contributed by atoms with Gasteiger partial charge < -0.3 is 15.2 Å². The van der Waals surface area contributed by atoms with Gasteiger partial charge >= 0.3 is 0 Å². The highest BCUT2D eigenvalue weighted by atomic mass is 32.9. The molecular weight excluding hydrogens is 269 g/mol. The summed E-state index contributed by atoms with van der Waals surface area (Å²) in [6.07, 6.45) is 3.79. The van der Waals surface area contributed by atoms with E-state index in [2.05, 4.69) is 16.5 Å². The highest BCUT2D eigenvalue weighted by molar-refractivity contribution is 8.65. The van der Waals surface area contributed by atoms with Crippen molar-refractivity contribution in [2.24, 2.45) is 0 Å². The van der Waals surface area contributed by atoms with Crippen LogP contribution in [-0.2, 0) is 25.6 Å². The Balaban J connectivity index is 0. The fraction of sp³-hybridized carbons (Fsp3) is 1.00. The Kier molecular flexibility index (Phi) is 14.7. The van der Waals surface area contributed by atoms with E-state index in [1.165, 1.54) is 0 Å². The molecule has 0 radical (unpaired) electrons.